The fourth-order valence-electron chi connectivity index (χ4n) is 6.56. The first-order valence-electron chi connectivity index (χ1n) is 16.0. The van der Waals surface area contributed by atoms with Gasteiger partial charge >= 0.3 is 0 Å². The monoisotopic (exact) mass is 640 g/mol. The standard InChI is InChI=1S/C37H44N4O6/c1-8-21(2)34(37(44)38-19-24-20-41(4)30-12-10-9-11-25(24)30)40-29-16-14-26-27(18-31(29)43)28(39-22(3)42)15-13-23-17-32(45-5)35(46-6)36(47-7)33(23)26/h9-12,14,16-18,20-21,28,34H,8,13,15,19H2,1-7H3,(H,38,44)(H,39,42)(H,40,43). The maximum absolute atomic E-state index is 13.9. The van der Waals surface area contributed by atoms with E-state index in [1.165, 1.54) is 6.92 Å². The van der Waals surface area contributed by atoms with Crippen molar-refractivity contribution in [3.05, 3.63) is 81.6 Å². The van der Waals surface area contributed by atoms with Crippen molar-refractivity contribution in [3.63, 3.8) is 0 Å². The van der Waals surface area contributed by atoms with E-state index in [-0.39, 0.29) is 28.8 Å². The molecular formula is C37H44N4O6. The number of nitrogens with one attached hydrogen (secondary N) is 3. The van der Waals surface area contributed by atoms with Gasteiger partial charge in [-0.05, 0) is 65.3 Å². The molecule has 3 N–H and O–H groups in total. The fraction of sp³-hybridized carbons (Fsp3) is 0.378. The summed E-state index contributed by atoms with van der Waals surface area (Å²) < 4.78 is 19.3. The van der Waals surface area contributed by atoms with Crippen molar-refractivity contribution in [2.45, 2.75) is 58.7 Å². The van der Waals surface area contributed by atoms with Crippen LogP contribution in [0.5, 0.6) is 17.2 Å². The van der Waals surface area contributed by atoms with E-state index in [1.807, 2.05) is 68.1 Å². The predicted octanol–water partition coefficient (Wildman–Crippen LogP) is 5.50. The number of hydrogen-bond acceptors (Lipinski definition) is 7. The highest BCUT2D eigenvalue weighted by atomic mass is 16.5. The van der Waals surface area contributed by atoms with Crippen LogP contribution < -0.4 is 35.6 Å². The zero-order valence-electron chi connectivity index (χ0n) is 28.2. The van der Waals surface area contributed by atoms with Gasteiger partial charge in [0.2, 0.25) is 23.0 Å². The second-order valence-corrected chi connectivity index (χ2v) is 12.1. The van der Waals surface area contributed by atoms with Gasteiger partial charge in [0.05, 0.1) is 33.1 Å². The minimum Gasteiger partial charge on any atom is -0.493 e. The lowest BCUT2D eigenvalue weighted by Crippen LogP contribution is -2.44. The predicted molar refractivity (Wildman–Crippen MR) is 184 cm³/mol. The molecule has 1 aliphatic rings. The van der Waals surface area contributed by atoms with Crippen LogP contribution in [0.2, 0.25) is 0 Å². The molecule has 1 aromatic heterocycles. The zero-order chi connectivity index (χ0) is 33.8. The molecule has 0 saturated carbocycles. The number of amides is 2. The molecule has 47 heavy (non-hydrogen) atoms. The number of benzene rings is 2. The van der Waals surface area contributed by atoms with E-state index in [2.05, 4.69) is 16.0 Å². The molecule has 4 aromatic rings. The summed E-state index contributed by atoms with van der Waals surface area (Å²) in [5.41, 5.74) is 5.18. The summed E-state index contributed by atoms with van der Waals surface area (Å²) in [5.74, 6) is 0.969. The number of aryl methyl sites for hydroxylation is 2. The largest absolute Gasteiger partial charge is 0.493 e. The van der Waals surface area contributed by atoms with Crippen LogP contribution in [-0.4, -0.2) is 43.8 Å². The molecule has 5 rings (SSSR count). The van der Waals surface area contributed by atoms with Gasteiger partial charge < -0.3 is 34.7 Å². The summed E-state index contributed by atoms with van der Waals surface area (Å²) in [7, 11) is 6.67. The van der Waals surface area contributed by atoms with Gasteiger partial charge in [0.1, 0.15) is 6.04 Å². The van der Waals surface area contributed by atoms with Crippen molar-refractivity contribution in [1.82, 2.24) is 15.2 Å². The second-order valence-electron chi connectivity index (χ2n) is 12.1. The van der Waals surface area contributed by atoms with Crippen LogP contribution in [0.4, 0.5) is 5.69 Å². The Balaban J connectivity index is 1.55. The Morgan fingerprint density at radius 2 is 1.77 bits per heavy atom. The first kappa shape index (κ1) is 33.4. The highest BCUT2D eigenvalue weighted by Gasteiger charge is 2.30. The van der Waals surface area contributed by atoms with Crippen LogP contribution in [0.25, 0.3) is 22.0 Å². The van der Waals surface area contributed by atoms with Crippen molar-refractivity contribution >= 4 is 28.4 Å². The van der Waals surface area contributed by atoms with E-state index in [1.54, 1.807) is 33.5 Å². The van der Waals surface area contributed by atoms with Gasteiger partial charge in [-0.15, -0.1) is 0 Å². The third-order valence-corrected chi connectivity index (χ3v) is 9.16. The zero-order valence-corrected chi connectivity index (χ0v) is 28.2. The molecule has 1 aliphatic carbocycles. The molecule has 1 heterocycles. The topological polar surface area (TPSA) is 120 Å². The molecule has 10 heteroatoms. The number of anilines is 1. The van der Waals surface area contributed by atoms with Gasteiger partial charge in [0.25, 0.3) is 0 Å². The maximum atomic E-state index is 13.9. The molecular weight excluding hydrogens is 596 g/mol. The highest BCUT2D eigenvalue weighted by molar-refractivity contribution is 5.88. The fourth-order valence-corrected chi connectivity index (χ4v) is 6.56. The summed E-state index contributed by atoms with van der Waals surface area (Å²) in [6.45, 7) is 5.83. The molecule has 0 fully saturated rings. The lowest BCUT2D eigenvalue weighted by atomic mass is 9.95. The number of hydrogen-bond donors (Lipinski definition) is 3. The first-order valence-corrected chi connectivity index (χ1v) is 16.0. The third kappa shape index (κ3) is 6.63. The molecule has 2 amide bonds. The van der Waals surface area contributed by atoms with Gasteiger partial charge in [-0.3, -0.25) is 14.4 Å². The minimum absolute atomic E-state index is 0.0741. The maximum Gasteiger partial charge on any atom is 0.243 e. The average molecular weight is 641 g/mol. The van der Waals surface area contributed by atoms with Crippen molar-refractivity contribution in [3.8, 4) is 28.4 Å². The molecule has 10 nitrogen and oxygen atoms in total. The number of para-hydroxylation sites is 1. The van der Waals surface area contributed by atoms with Crippen LogP contribution in [0.15, 0.2) is 59.5 Å². The summed E-state index contributed by atoms with van der Waals surface area (Å²) in [4.78, 5) is 40.0. The number of carbonyl (C=O) groups excluding carboxylic acids is 2. The molecule has 0 bridgehead atoms. The smallest absolute Gasteiger partial charge is 0.243 e. The third-order valence-electron chi connectivity index (χ3n) is 9.16. The Labute approximate surface area is 275 Å². The van der Waals surface area contributed by atoms with Crippen LogP contribution in [0.3, 0.4) is 0 Å². The Hall–Kier alpha value is -4.99. The molecule has 0 saturated heterocycles. The molecule has 3 unspecified atom stereocenters. The Kier molecular flexibility index (Phi) is 10.1. The molecule has 0 aliphatic heterocycles. The van der Waals surface area contributed by atoms with E-state index in [0.717, 1.165) is 39.6 Å². The highest BCUT2D eigenvalue weighted by Crippen LogP contribution is 2.50. The number of aromatic nitrogens is 1. The second kappa shape index (κ2) is 14.2. The summed E-state index contributed by atoms with van der Waals surface area (Å²) in [6.07, 6.45) is 3.90. The Bertz CT molecular complexity index is 1870. The van der Waals surface area contributed by atoms with E-state index in [4.69, 9.17) is 14.2 Å². The van der Waals surface area contributed by atoms with Gasteiger partial charge in [-0.2, -0.15) is 0 Å². The van der Waals surface area contributed by atoms with E-state index < -0.39 is 12.1 Å². The van der Waals surface area contributed by atoms with Crippen molar-refractivity contribution in [2.75, 3.05) is 26.6 Å². The van der Waals surface area contributed by atoms with Gasteiger partial charge in [0.15, 0.2) is 11.5 Å². The minimum atomic E-state index is -0.665. The van der Waals surface area contributed by atoms with E-state index in [0.29, 0.717) is 42.2 Å². The lowest BCUT2D eigenvalue weighted by Gasteiger charge is -2.24. The molecule has 248 valence electrons. The summed E-state index contributed by atoms with van der Waals surface area (Å²) in [6, 6.07) is 14.0. The number of fused-ring (bicyclic) bond motifs is 4. The normalized spacial score (nSPS) is 15.0. The van der Waals surface area contributed by atoms with Gasteiger partial charge in [-0.1, -0.05) is 44.5 Å². The summed E-state index contributed by atoms with van der Waals surface area (Å²) >= 11 is 0. The molecule has 0 radical (unpaired) electrons. The average Bonchev–Trinajstić information content (AvgIpc) is 3.20. The van der Waals surface area contributed by atoms with E-state index in [9.17, 15) is 14.4 Å². The summed E-state index contributed by atoms with van der Waals surface area (Å²) in [5, 5.41) is 10.5. The number of carbonyl (C=O) groups is 2. The molecule has 3 atom stereocenters. The van der Waals surface area contributed by atoms with Crippen LogP contribution in [0, 0.1) is 5.92 Å². The SMILES string of the molecule is CCC(C)C(Nc1ccc2c(cc1=O)C(NC(C)=O)CCc1cc(OC)c(OC)c(OC)c1-2)C(=O)NCc1cn(C)c2ccccc12. The molecule has 0 spiro atoms. The Morgan fingerprint density at radius 1 is 1.02 bits per heavy atom. The van der Waals surface area contributed by atoms with Crippen molar-refractivity contribution in [2.24, 2.45) is 13.0 Å². The number of rotatable bonds is 11. The van der Waals surface area contributed by atoms with Crippen molar-refractivity contribution in [1.29, 1.82) is 0 Å². The number of nitrogens with zero attached hydrogens (tertiary/aromatic N) is 1. The quantitative estimate of drug-likeness (QED) is 0.198. The van der Waals surface area contributed by atoms with Crippen LogP contribution in [0.1, 0.15) is 56.3 Å². The number of ether oxygens (including phenoxy) is 3. The van der Waals surface area contributed by atoms with Crippen LogP contribution >= 0.6 is 0 Å². The van der Waals surface area contributed by atoms with Crippen molar-refractivity contribution < 1.29 is 23.8 Å². The molecule has 3 aromatic carbocycles. The Morgan fingerprint density at radius 3 is 2.45 bits per heavy atom. The lowest BCUT2D eigenvalue weighted by molar-refractivity contribution is -0.123. The van der Waals surface area contributed by atoms with Gasteiger partial charge in [-0.25, -0.2) is 0 Å². The van der Waals surface area contributed by atoms with E-state index >= 15 is 0 Å². The number of methoxy groups -OCH3 is 3. The first-order chi connectivity index (χ1) is 22.6. The van der Waals surface area contributed by atoms with Gasteiger partial charge in [0, 0.05) is 43.2 Å². The van der Waals surface area contributed by atoms with Crippen LogP contribution in [-0.2, 0) is 29.6 Å².